The van der Waals surface area contributed by atoms with Crippen LogP contribution in [0.15, 0.2) is 150 Å². The molecule has 0 saturated heterocycles. The topological polar surface area (TPSA) is 33.5 Å². The Bertz CT molecular complexity index is 2140. The summed E-state index contributed by atoms with van der Waals surface area (Å²) in [5, 5.41) is 1.90. The summed E-state index contributed by atoms with van der Waals surface area (Å²) in [4.78, 5) is 14.0. The Morgan fingerprint density at radius 1 is 0.480 bits per heavy atom. The van der Waals surface area contributed by atoms with Crippen molar-refractivity contribution >= 4 is 34.1 Å². The molecule has 6 aromatic carbocycles. The summed E-state index contributed by atoms with van der Waals surface area (Å²) in [6.45, 7) is 13.5. The van der Waals surface area contributed by atoms with Gasteiger partial charge in [0.1, 0.15) is 6.29 Å². The van der Waals surface area contributed by atoms with Gasteiger partial charge in [0, 0.05) is 33.4 Å². The van der Waals surface area contributed by atoms with Crippen molar-refractivity contribution in [3.63, 3.8) is 0 Å². The summed E-state index contributed by atoms with van der Waals surface area (Å²) in [6.07, 6.45) is 4.32. The fraction of sp³-hybridized carbons (Fsp3) is 0.170. The van der Waals surface area contributed by atoms with Gasteiger partial charge in [-0.25, -0.2) is 0 Å². The lowest BCUT2D eigenvalue weighted by molar-refractivity contribution is 0.112. The van der Waals surface area contributed by atoms with Crippen molar-refractivity contribution in [3.8, 4) is 33.4 Å². The van der Waals surface area contributed by atoms with Crippen LogP contribution in [-0.4, -0.2) is 6.29 Å². The Labute approximate surface area is 295 Å². The van der Waals surface area contributed by atoms with Gasteiger partial charge < -0.3 is 9.32 Å². The van der Waals surface area contributed by atoms with E-state index in [1.165, 1.54) is 33.4 Å². The number of anilines is 3. The summed E-state index contributed by atoms with van der Waals surface area (Å²) in [5.41, 5.74) is 13.4. The van der Waals surface area contributed by atoms with Crippen LogP contribution < -0.4 is 4.90 Å². The zero-order valence-corrected chi connectivity index (χ0v) is 29.7. The minimum absolute atomic E-state index is 0.117. The maximum Gasteiger partial charge on any atom is 0.150 e. The SMILES string of the molecule is CC(C)(C)c1ccc(-c2ccc(N(c3ccc(-c4ccc(C(C)(C)C)cc4)cc3)c3ccc(-c4cc(C=O)cc5cocc45)cc3)cc2)cc1. The van der Waals surface area contributed by atoms with Crippen LogP contribution in [0.2, 0.25) is 0 Å². The Morgan fingerprint density at radius 3 is 1.24 bits per heavy atom. The van der Waals surface area contributed by atoms with Crippen molar-refractivity contribution < 1.29 is 9.21 Å². The van der Waals surface area contributed by atoms with Crippen molar-refractivity contribution in [2.24, 2.45) is 0 Å². The molecule has 3 heteroatoms. The highest BCUT2D eigenvalue weighted by Gasteiger charge is 2.17. The first-order valence-electron chi connectivity index (χ1n) is 17.3. The average molecular weight is 654 g/mol. The predicted octanol–water partition coefficient (Wildman–Crippen LogP) is 13.3. The Balaban J connectivity index is 1.25. The highest BCUT2D eigenvalue weighted by atomic mass is 16.3. The predicted molar refractivity (Wildman–Crippen MR) is 210 cm³/mol. The molecule has 0 fully saturated rings. The zero-order chi connectivity index (χ0) is 35.0. The molecule has 3 nitrogen and oxygen atoms in total. The van der Waals surface area contributed by atoms with Crippen molar-refractivity contribution in [3.05, 3.63) is 163 Å². The summed E-state index contributed by atoms with van der Waals surface area (Å²) < 4.78 is 5.50. The molecule has 0 amide bonds. The second-order valence-electron chi connectivity index (χ2n) is 15.2. The molecule has 0 N–H and O–H groups in total. The van der Waals surface area contributed by atoms with Crippen LogP contribution in [0, 0.1) is 0 Å². The molecule has 0 spiro atoms. The Kier molecular flexibility index (Phi) is 8.53. The van der Waals surface area contributed by atoms with Crippen LogP contribution >= 0.6 is 0 Å². The first kappa shape index (κ1) is 32.9. The molecule has 0 bridgehead atoms. The van der Waals surface area contributed by atoms with Crippen LogP contribution in [0.3, 0.4) is 0 Å². The standard InChI is InChI=1S/C47H43NO2/c1-46(2,3)39-17-7-33(8-18-39)35-11-21-41(22-12-35)48(42-23-13-36(14-24-42)34-9-19-40(20-10-34)47(4,5)6)43-25-15-37(16-26-43)44-28-32(29-49)27-38-30-50-31-45(38)44/h7-31H,1-6H3. The van der Waals surface area contributed by atoms with Gasteiger partial charge in [0.05, 0.1) is 12.5 Å². The van der Waals surface area contributed by atoms with Gasteiger partial charge in [0.25, 0.3) is 0 Å². The Morgan fingerprint density at radius 2 is 0.860 bits per heavy atom. The summed E-state index contributed by atoms with van der Waals surface area (Å²) in [7, 11) is 0. The summed E-state index contributed by atoms with van der Waals surface area (Å²) >= 11 is 0. The maximum absolute atomic E-state index is 11.7. The number of benzene rings is 6. The van der Waals surface area contributed by atoms with Gasteiger partial charge in [-0.3, -0.25) is 4.79 Å². The molecule has 248 valence electrons. The number of rotatable bonds is 7. The molecule has 0 aliphatic carbocycles. The van der Waals surface area contributed by atoms with Gasteiger partial charge >= 0.3 is 0 Å². The monoisotopic (exact) mass is 653 g/mol. The summed E-state index contributed by atoms with van der Waals surface area (Å²) in [5.74, 6) is 0. The van der Waals surface area contributed by atoms with Crippen molar-refractivity contribution in [1.29, 1.82) is 0 Å². The van der Waals surface area contributed by atoms with E-state index in [1.54, 1.807) is 12.5 Å². The molecular weight excluding hydrogens is 611 g/mol. The van der Waals surface area contributed by atoms with Crippen molar-refractivity contribution in [2.45, 2.75) is 52.4 Å². The van der Waals surface area contributed by atoms with E-state index in [1.807, 2.05) is 12.1 Å². The maximum atomic E-state index is 11.7. The molecule has 0 unspecified atom stereocenters. The van der Waals surface area contributed by atoms with E-state index in [9.17, 15) is 4.79 Å². The van der Waals surface area contributed by atoms with Gasteiger partial charge in [-0.1, -0.05) is 126 Å². The second-order valence-corrected chi connectivity index (χ2v) is 15.2. The summed E-state index contributed by atoms with van der Waals surface area (Å²) in [6, 6.07) is 47.7. The fourth-order valence-corrected chi connectivity index (χ4v) is 6.58. The molecule has 0 saturated carbocycles. The van der Waals surface area contributed by atoms with Crippen molar-refractivity contribution in [1.82, 2.24) is 0 Å². The second kappa shape index (κ2) is 13.0. The van der Waals surface area contributed by atoms with Crippen LogP contribution in [0.1, 0.15) is 63.0 Å². The number of hydrogen-bond acceptors (Lipinski definition) is 3. The minimum Gasteiger partial charge on any atom is -0.471 e. The average Bonchev–Trinajstić information content (AvgIpc) is 3.61. The fourth-order valence-electron chi connectivity index (χ4n) is 6.58. The van der Waals surface area contributed by atoms with E-state index >= 15 is 0 Å². The minimum atomic E-state index is 0.117. The van der Waals surface area contributed by atoms with E-state index in [0.29, 0.717) is 5.56 Å². The third-order valence-corrected chi connectivity index (χ3v) is 9.61. The lowest BCUT2D eigenvalue weighted by atomic mass is 9.86. The number of aldehydes is 1. The zero-order valence-electron chi connectivity index (χ0n) is 29.7. The first-order valence-corrected chi connectivity index (χ1v) is 17.3. The molecule has 0 radical (unpaired) electrons. The lowest BCUT2D eigenvalue weighted by Gasteiger charge is -2.26. The van der Waals surface area contributed by atoms with Gasteiger partial charge in [-0.2, -0.15) is 0 Å². The van der Waals surface area contributed by atoms with Gasteiger partial charge in [-0.05, 0) is 104 Å². The van der Waals surface area contributed by atoms with Crippen LogP contribution in [0.25, 0.3) is 44.2 Å². The molecule has 0 atom stereocenters. The first-order chi connectivity index (χ1) is 24.0. The van der Waals surface area contributed by atoms with Gasteiger partial charge in [0.2, 0.25) is 0 Å². The van der Waals surface area contributed by atoms with Gasteiger partial charge in [0.15, 0.2) is 0 Å². The third-order valence-electron chi connectivity index (χ3n) is 9.61. The number of hydrogen-bond donors (Lipinski definition) is 0. The third kappa shape index (κ3) is 6.64. The van der Waals surface area contributed by atoms with E-state index in [2.05, 4.69) is 168 Å². The molecule has 7 rings (SSSR count). The lowest BCUT2D eigenvalue weighted by Crippen LogP contribution is -2.10. The number of nitrogens with zero attached hydrogens (tertiary/aromatic N) is 1. The molecule has 50 heavy (non-hydrogen) atoms. The molecule has 7 aromatic rings. The van der Waals surface area contributed by atoms with Crippen LogP contribution in [-0.2, 0) is 10.8 Å². The van der Waals surface area contributed by atoms with E-state index in [4.69, 9.17) is 4.42 Å². The highest BCUT2D eigenvalue weighted by Crippen LogP contribution is 2.39. The smallest absolute Gasteiger partial charge is 0.150 e. The Hall–Kier alpha value is -5.67. The molecular formula is C47H43NO2. The molecule has 0 aliphatic rings. The largest absolute Gasteiger partial charge is 0.471 e. The van der Waals surface area contributed by atoms with E-state index in [-0.39, 0.29) is 10.8 Å². The van der Waals surface area contributed by atoms with E-state index < -0.39 is 0 Å². The molecule has 1 heterocycles. The van der Waals surface area contributed by atoms with E-state index in [0.717, 1.165) is 45.2 Å². The quantitative estimate of drug-likeness (QED) is 0.161. The van der Waals surface area contributed by atoms with Crippen molar-refractivity contribution in [2.75, 3.05) is 4.90 Å². The number of carbonyl (C=O) groups excluding carboxylic acids is 1. The number of furan rings is 1. The molecule has 1 aromatic heterocycles. The van der Waals surface area contributed by atoms with Crippen LogP contribution in [0.5, 0.6) is 0 Å². The van der Waals surface area contributed by atoms with Gasteiger partial charge in [-0.15, -0.1) is 0 Å². The normalized spacial score (nSPS) is 11.9. The highest BCUT2D eigenvalue weighted by molar-refractivity contribution is 6.00. The number of carbonyl (C=O) groups is 1. The number of fused-ring (bicyclic) bond motifs is 1. The molecule has 0 aliphatic heterocycles. The van der Waals surface area contributed by atoms with Crippen LogP contribution in [0.4, 0.5) is 17.1 Å².